The molecule has 0 saturated heterocycles. The van der Waals surface area contributed by atoms with Crippen LogP contribution in [-0.4, -0.2) is 27.4 Å². The van der Waals surface area contributed by atoms with Gasteiger partial charge in [0.2, 0.25) is 10.0 Å². The summed E-state index contributed by atoms with van der Waals surface area (Å²) in [6, 6.07) is 8.11. The first-order valence-corrected chi connectivity index (χ1v) is 8.49. The molecule has 1 amide bonds. The molecule has 0 spiro atoms. The minimum atomic E-state index is -3.55. The van der Waals surface area contributed by atoms with Crippen LogP contribution in [0.25, 0.3) is 0 Å². The molecule has 6 nitrogen and oxygen atoms in total. The minimum absolute atomic E-state index is 0.159. The lowest BCUT2D eigenvalue weighted by Crippen LogP contribution is -2.29. The Balaban J connectivity index is 1.98. The normalized spacial score (nSPS) is 14.1. The molecule has 7 heteroatoms. The van der Waals surface area contributed by atoms with Crippen molar-refractivity contribution in [1.29, 1.82) is 0 Å². The van der Waals surface area contributed by atoms with Gasteiger partial charge in [-0.1, -0.05) is 13.0 Å². The molecule has 1 aliphatic rings. The quantitative estimate of drug-likeness (QED) is 0.931. The second kappa shape index (κ2) is 5.58. The lowest BCUT2D eigenvalue weighted by Gasteiger charge is -2.16. The van der Waals surface area contributed by atoms with Crippen molar-refractivity contribution in [3.63, 3.8) is 0 Å². The molecule has 0 aliphatic carbocycles. The smallest absolute Gasteiger partial charge is 0.293 e. The maximum atomic E-state index is 12.4. The van der Waals surface area contributed by atoms with Crippen LogP contribution >= 0.6 is 0 Å². The third kappa shape index (κ3) is 2.53. The van der Waals surface area contributed by atoms with E-state index in [1.165, 1.54) is 6.26 Å². The highest BCUT2D eigenvalue weighted by Gasteiger charge is 2.28. The summed E-state index contributed by atoms with van der Waals surface area (Å²) in [5.41, 5.74) is 1.58. The van der Waals surface area contributed by atoms with Gasteiger partial charge in [-0.25, -0.2) is 13.1 Å². The van der Waals surface area contributed by atoms with Crippen LogP contribution in [0.3, 0.4) is 0 Å². The Labute approximate surface area is 128 Å². The van der Waals surface area contributed by atoms with E-state index in [2.05, 4.69) is 4.72 Å². The molecule has 0 atom stereocenters. The largest absolute Gasteiger partial charge is 0.459 e. The third-order valence-corrected chi connectivity index (χ3v) is 5.12. The van der Waals surface area contributed by atoms with E-state index in [0.717, 1.165) is 5.56 Å². The topological polar surface area (TPSA) is 79.6 Å². The number of nitrogens with one attached hydrogen (secondary N) is 1. The molecule has 0 bridgehead atoms. The summed E-state index contributed by atoms with van der Waals surface area (Å²) in [6.07, 6.45) is 2.14. The fraction of sp³-hybridized carbons (Fsp3) is 0.267. The summed E-state index contributed by atoms with van der Waals surface area (Å²) < 4.78 is 31.8. The van der Waals surface area contributed by atoms with Gasteiger partial charge < -0.3 is 9.32 Å². The summed E-state index contributed by atoms with van der Waals surface area (Å²) in [4.78, 5) is 14.1. The lowest BCUT2D eigenvalue weighted by atomic mass is 10.2. The number of fused-ring (bicyclic) bond motifs is 1. The van der Waals surface area contributed by atoms with Crippen LogP contribution in [0.5, 0.6) is 0 Å². The van der Waals surface area contributed by atoms with Gasteiger partial charge in [-0.15, -0.1) is 0 Å². The van der Waals surface area contributed by atoms with E-state index < -0.39 is 10.0 Å². The molecule has 0 fully saturated rings. The predicted octanol–water partition coefficient (Wildman–Crippen LogP) is 1.78. The summed E-state index contributed by atoms with van der Waals surface area (Å²) >= 11 is 0. The van der Waals surface area contributed by atoms with E-state index in [1.807, 2.05) is 0 Å². The fourth-order valence-electron chi connectivity index (χ4n) is 2.54. The number of nitrogens with zero attached hydrogens (tertiary/aromatic N) is 1. The number of sulfonamides is 1. The van der Waals surface area contributed by atoms with Gasteiger partial charge in [0, 0.05) is 18.8 Å². The van der Waals surface area contributed by atoms with Crippen molar-refractivity contribution in [1.82, 2.24) is 4.72 Å². The second-order valence-electron chi connectivity index (χ2n) is 4.98. The predicted molar refractivity (Wildman–Crippen MR) is 81.4 cm³/mol. The van der Waals surface area contributed by atoms with Crippen LogP contribution < -0.4 is 9.62 Å². The molecule has 1 aliphatic heterocycles. The van der Waals surface area contributed by atoms with E-state index in [0.29, 0.717) is 25.2 Å². The first-order chi connectivity index (χ1) is 10.5. The Morgan fingerprint density at radius 2 is 2.18 bits per heavy atom. The van der Waals surface area contributed by atoms with Gasteiger partial charge in [0.1, 0.15) is 0 Å². The first kappa shape index (κ1) is 14.8. The van der Waals surface area contributed by atoms with Gasteiger partial charge in [-0.3, -0.25) is 4.79 Å². The van der Waals surface area contributed by atoms with E-state index in [9.17, 15) is 13.2 Å². The van der Waals surface area contributed by atoms with Gasteiger partial charge in [0.05, 0.1) is 11.2 Å². The van der Waals surface area contributed by atoms with Gasteiger partial charge in [-0.05, 0) is 36.2 Å². The van der Waals surface area contributed by atoms with Crippen LogP contribution in [0.1, 0.15) is 23.0 Å². The van der Waals surface area contributed by atoms with E-state index in [4.69, 9.17) is 4.42 Å². The van der Waals surface area contributed by atoms with Crippen LogP contribution in [0.15, 0.2) is 45.9 Å². The first-order valence-electron chi connectivity index (χ1n) is 7.01. The molecule has 2 aromatic rings. The number of carbonyl (C=O) groups excluding carboxylic acids is 1. The van der Waals surface area contributed by atoms with Crippen molar-refractivity contribution < 1.29 is 17.6 Å². The molecular weight excluding hydrogens is 304 g/mol. The van der Waals surface area contributed by atoms with Crippen LogP contribution in [0, 0.1) is 0 Å². The van der Waals surface area contributed by atoms with E-state index >= 15 is 0 Å². The highest BCUT2D eigenvalue weighted by molar-refractivity contribution is 7.89. The Bertz CT molecular complexity index is 797. The van der Waals surface area contributed by atoms with Crippen LogP contribution in [-0.2, 0) is 16.4 Å². The summed E-state index contributed by atoms with van der Waals surface area (Å²) in [7, 11) is -3.55. The van der Waals surface area contributed by atoms with Gasteiger partial charge in [0.25, 0.3) is 5.91 Å². The highest BCUT2D eigenvalue weighted by atomic mass is 32.2. The number of anilines is 1. The number of rotatable bonds is 4. The molecule has 1 aromatic heterocycles. The Morgan fingerprint density at radius 1 is 1.36 bits per heavy atom. The minimum Gasteiger partial charge on any atom is -0.459 e. The van der Waals surface area contributed by atoms with Crippen LogP contribution in [0.4, 0.5) is 5.69 Å². The standard InChI is InChI=1S/C15H16N2O4S/c1-2-16-22(19,20)12-6-5-11-7-8-17(13(11)10-12)15(18)14-4-3-9-21-14/h3-6,9-10,16H,2,7-8H2,1H3. The van der Waals surface area contributed by atoms with Crippen molar-refractivity contribution in [3.8, 4) is 0 Å². The Morgan fingerprint density at radius 3 is 2.86 bits per heavy atom. The number of hydrogen-bond donors (Lipinski definition) is 1. The van der Waals surface area contributed by atoms with Crippen molar-refractivity contribution in [2.45, 2.75) is 18.2 Å². The monoisotopic (exact) mass is 320 g/mol. The molecular formula is C15H16N2O4S. The maximum absolute atomic E-state index is 12.4. The number of benzene rings is 1. The van der Waals surface area contributed by atoms with E-state index in [1.54, 1.807) is 42.2 Å². The third-order valence-electron chi connectivity index (χ3n) is 3.57. The zero-order chi connectivity index (χ0) is 15.7. The van der Waals surface area contributed by atoms with Gasteiger partial charge in [-0.2, -0.15) is 0 Å². The van der Waals surface area contributed by atoms with Crippen molar-refractivity contribution in [2.75, 3.05) is 18.0 Å². The fourth-order valence-corrected chi connectivity index (χ4v) is 3.60. The molecule has 22 heavy (non-hydrogen) atoms. The average molecular weight is 320 g/mol. The molecule has 0 radical (unpaired) electrons. The molecule has 2 heterocycles. The number of hydrogen-bond acceptors (Lipinski definition) is 4. The molecule has 0 saturated carbocycles. The number of amides is 1. The Hall–Kier alpha value is -2.12. The van der Waals surface area contributed by atoms with E-state index in [-0.39, 0.29) is 16.6 Å². The highest BCUT2D eigenvalue weighted by Crippen LogP contribution is 2.31. The molecule has 0 unspecified atom stereocenters. The average Bonchev–Trinajstić information content (AvgIpc) is 3.15. The van der Waals surface area contributed by atoms with Crippen molar-refractivity contribution in [2.24, 2.45) is 0 Å². The lowest BCUT2D eigenvalue weighted by molar-refractivity contribution is 0.0962. The maximum Gasteiger partial charge on any atom is 0.293 e. The molecule has 1 aromatic carbocycles. The Kier molecular flexibility index (Phi) is 3.76. The summed E-state index contributed by atoms with van der Waals surface area (Å²) in [6.45, 7) is 2.55. The SMILES string of the molecule is CCNS(=O)(=O)c1ccc2c(c1)N(C(=O)c1ccco1)CC2. The molecule has 1 N–H and O–H groups in total. The van der Waals surface area contributed by atoms with Gasteiger partial charge >= 0.3 is 0 Å². The zero-order valence-electron chi connectivity index (χ0n) is 12.1. The van der Waals surface area contributed by atoms with Crippen molar-refractivity contribution in [3.05, 3.63) is 47.9 Å². The summed E-state index contributed by atoms with van der Waals surface area (Å²) in [5, 5.41) is 0. The molecule has 116 valence electrons. The van der Waals surface area contributed by atoms with Crippen LogP contribution in [0.2, 0.25) is 0 Å². The van der Waals surface area contributed by atoms with Crippen molar-refractivity contribution >= 4 is 21.6 Å². The second-order valence-corrected chi connectivity index (χ2v) is 6.74. The number of carbonyl (C=O) groups is 1. The van der Waals surface area contributed by atoms with Gasteiger partial charge in [0.15, 0.2) is 5.76 Å². The molecule has 3 rings (SSSR count). The number of furan rings is 1. The zero-order valence-corrected chi connectivity index (χ0v) is 12.9. The summed E-state index contributed by atoms with van der Waals surface area (Å²) in [5.74, 6) is -0.0189.